The van der Waals surface area contributed by atoms with Gasteiger partial charge in [0.2, 0.25) is 5.75 Å². The van der Waals surface area contributed by atoms with E-state index in [2.05, 4.69) is 4.74 Å². The van der Waals surface area contributed by atoms with Gasteiger partial charge in [-0.05, 0) is 24.3 Å². The molecule has 24 heavy (non-hydrogen) atoms. The van der Waals surface area contributed by atoms with E-state index in [9.17, 15) is 32.5 Å². The summed E-state index contributed by atoms with van der Waals surface area (Å²) in [5.41, 5.74) is -3.07. The van der Waals surface area contributed by atoms with Gasteiger partial charge in [-0.1, -0.05) is 17.7 Å². The van der Waals surface area contributed by atoms with Gasteiger partial charge in [0.25, 0.3) is 0 Å². The molecule has 0 aromatic heterocycles. The first-order valence-electron chi connectivity index (χ1n) is 6.13. The normalized spacial score (nSPS) is 11.2. The van der Waals surface area contributed by atoms with Crippen molar-refractivity contribution in [1.29, 1.82) is 0 Å². The maximum absolute atomic E-state index is 13.6. The smallest absolute Gasteiger partial charge is 0.415 e. The number of carbonyl (C=O) groups excluding carboxylic acids is 1. The van der Waals surface area contributed by atoms with Gasteiger partial charge in [0.1, 0.15) is 11.4 Å². The molecule has 0 fully saturated rings. The molecule has 0 heterocycles. The van der Waals surface area contributed by atoms with Crippen LogP contribution in [0.4, 0.5) is 23.2 Å². The van der Waals surface area contributed by atoms with Crippen molar-refractivity contribution < 1.29 is 32.0 Å². The van der Waals surface area contributed by atoms with Gasteiger partial charge in [-0.3, -0.25) is 10.1 Å². The molecule has 5 nitrogen and oxygen atoms in total. The Morgan fingerprint density at radius 3 is 2.42 bits per heavy atom. The molecule has 2 rings (SSSR count). The SMILES string of the molecule is O=C(Oc1ccc(C(F)(F)F)cc1[N+](=O)[O-])c1c(F)cccc1Cl. The third-order valence-electron chi connectivity index (χ3n) is 2.85. The summed E-state index contributed by atoms with van der Waals surface area (Å²) in [5, 5.41) is 10.6. The lowest BCUT2D eigenvalue weighted by Gasteiger charge is -2.10. The van der Waals surface area contributed by atoms with Crippen LogP contribution in [0.5, 0.6) is 5.75 Å². The van der Waals surface area contributed by atoms with Gasteiger partial charge < -0.3 is 4.74 Å². The van der Waals surface area contributed by atoms with Crippen molar-refractivity contribution in [3.05, 3.63) is 68.5 Å². The van der Waals surface area contributed by atoms with Gasteiger partial charge >= 0.3 is 17.8 Å². The van der Waals surface area contributed by atoms with Gasteiger partial charge in [0.05, 0.1) is 15.5 Å². The fourth-order valence-electron chi connectivity index (χ4n) is 1.77. The van der Waals surface area contributed by atoms with E-state index in [0.29, 0.717) is 12.1 Å². The fourth-order valence-corrected chi connectivity index (χ4v) is 2.01. The van der Waals surface area contributed by atoms with Crippen molar-refractivity contribution in [3.8, 4) is 5.75 Å². The summed E-state index contributed by atoms with van der Waals surface area (Å²) in [5.74, 6) is -3.18. The average molecular weight is 364 g/mol. The summed E-state index contributed by atoms with van der Waals surface area (Å²) < 4.78 is 56.1. The van der Waals surface area contributed by atoms with Crippen LogP contribution >= 0.6 is 11.6 Å². The molecule has 2 aromatic rings. The van der Waals surface area contributed by atoms with Crippen molar-refractivity contribution in [2.45, 2.75) is 6.18 Å². The number of nitrogens with zero attached hydrogens (tertiary/aromatic N) is 1. The molecule has 0 N–H and O–H groups in total. The number of esters is 1. The third-order valence-corrected chi connectivity index (χ3v) is 3.17. The Kier molecular flexibility index (Phi) is 4.74. The Labute approximate surface area is 136 Å². The average Bonchev–Trinajstić information content (AvgIpc) is 2.46. The second-order valence-electron chi connectivity index (χ2n) is 4.42. The number of hydrogen-bond acceptors (Lipinski definition) is 4. The second-order valence-corrected chi connectivity index (χ2v) is 4.83. The zero-order valence-corrected chi connectivity index (χ0v) is 12.2. The molecule has 0 aliphatic rings. The zero-order valence-electron chi connectivity index (χ0n) is 11.4. The van der Waals surface area contributed by atoms with Crippen LogP contribution in [0, 0.1) is 15.9 Å². The topological polar surface area (TPSA) is 69.4 Å². The van der Waals surface area contributed by atoms with E-state index in [4.69, 9.17) is 11.6 Å². The van der Waals surface area contributed by atoms with Crippen molar-refractivity contribution in [2.24, 2.45) is 0 Å². The van der Waals surface area contributed by atoms with Crippen LogP contribution in [-0.2, 0) is 6.18 Å². The summed E-state index contributed by atoms with van der Waals surface area (Å²) in [7, 11) is 0. The molecule has 126 valence electrons. The van der Waals surface area contributed by atoms with Gasteiger partial charge in [0, 0.05) is 6.07 Å². The van der Waals surface area contributed by atoms with Crippen molar-refractivity contribution in [3.63, 3.8) is 0 Å². The first-order chi connectivity index (χ1) is 11.1. The number of benzene rings is 2. The number of ether oxygens (including phenoxy) is 1. The number of alkyl halides is 3. The zero-order chi connectivity index (χ0) is 18.1. The summed E-state index contributed by atoms with van der Waals surface area (Å²) in [4.78, 5) is 21.7. The highest BCUT2D eigenvalue weighted by atomic mass is 35.5. The molecule has 0 saturated carbocycles. The molecule has 10 heteroatoms. The number of rotatable bonds is 3. The molecular formula is C14H6ClF4NO4. The van der Waals surface area contributed by atoms with Crippen LogP contribution in [0.3, 0.4) is 0 Å². The lowest BCUT2D eigenvalue weighted by molar-refractivity contribution is -0.385. The minimum atomic E-state index is -4.82. The van der Waals surface area contributed by atoms with E-state index < -0.39 is 45.4 Å². The molecule has 0 radical (unpaired) electrons. The largest absolute Gasteiger partial charge is 0.416 e. The molecule has 0 saturated heterocycles. The van der Waals surface area contributed by atoms with Crippen LogP contribution in [-0.4, -0.2) is 10.9 Å². The molecule has 0 bridgehead atoms. The van der Waals surface area contributed by atoms with E-state index in [1.807, 2.05) is 0 Å². The Balaban J connectivity index is 2.43. The standard InChI is InChI=1S/C14H6ClF4NO4/c15-8-2-1-3-9(16)12(8)13(21)24-11-5-4-7(14(17,18)19)6-10(11)20(22)23/h1-6H. The number of halogens is 5. The molecule has 0 spiro atoms. The molecule has 0 atom stereocenters. The maximum Gasteiger partial charge on any atom is 0.416 e. The van der Waals surface area contributed by atoms with Crippen molar-refractivity contribution >= 4 is 23.3 Å². The molecule has 0 unspecified atom stereocenters. The predicted octanol–water partition coefficient (Wildman–Crippen LogP) is 4.63. The molecule has 0 aliphatic heterocycles. The van der Waals surface area contributed by atoms with Gasteiger partial charge in [0.15, 0.2) is 0 Å². The highest BCUT2D eigenvalue weighted by molar-refractivity contribution is 6.33. The van der Waals surface area contributed by atoms with Crippen LogP contribution in [0.1, 0.15) is 15.9 Å². The predicted molar refractivity (Wildman–Crippen MR) is 74.5 cm³/mol. The minimum absolute atomic E-state index is 0.214. The van der Waals surface area contributed by atoms with E-state index in [1.54, 1.807) is 0 Å². The number of nitro benzene ring substituents is 1. The third kappa shape index (κ3) is 3.62. The summed E-state index contributed by atoms with van der Waals surface area (Å²) >= 11 is 5.65. The highest BCUT2D eigenvalue weighted by Crippen LogP contribution is 2.36. The Bertz CT molecular complexity index is 803. The van der Waals surface area contributed by atoms with Gasteiger partial charge in [-0.25, -0.2) is 9.18 Å². The van der Waals surface area contributed by atoms with Crippen molar-refractivity contribution in [2.75, 3.05) is 0 Å². The van der Waals surface area contributed by atoms with Gasteiger partial charge in [-0.15, -0.1) is 0 Å². The second kappa shape index (κ2) is 6.44. The number of nitro groups is 1. The molecule has 2 aromatic carbocycles. The Morgan fingerprint density at radius 1 is 1.21 bits per heavy atom. The highest BCUT2D eigenvalue weighted by Gasteiger charge is 2.34. The lowest BCUT2D eigenvalue weighted by atomic mass is 10.1. The molecule has 0 amide bonds. The number of carbonyl (C=O) groups is 1. The van der Waals surface area contributed by atoms with Crippen LogP contribution in [0.25, 0.3) is 0 Å². The Hall–Kier alpha value is -2.68. The van der Waals surface area contributed by atoms with E-state index >= 15 is 0 Å². The first kappa shape index (κ1) is 17.7. The Morgan fingerprint density at radius 2 is 1.88 bits per heavy atom. The fraction of sp³-hybridized carbons (Fsp3) is 0.0714. The van der Waals surface area contributed by atoms with E-state index in [0.717, 1.165) is 6.07 Å². The monoisotopic (exact) mass is 363 g/mol. The maximum atomic E-state index is 13.6. The van der Waals surface area contributed by atoms with Crippen LogP contribution in [0.15, 0.2) is 36.4 Å². The summed E-state index contributed by atoms with van der Waals surface area (Å²) in [6.45, 7) is 0. The number of hydrogen-bond donors (Lipinski definition) is 0. The van der Waals surface area contributed by atoms with Gasteiger partial charge in [-0.2, -0.15) is 13.2 Å². The lowest BCUT2D eigenvalue weighted by Crippen LogP contribution is -2.13. The van der Waals surface area contributed by atoms with E-state index in [1.165, 1.54) is 12.1 Å². The van der Waals surface area contributed by atoms with E-state index in [-0.39, 0.29) is 11.1 Å². The first-order valence-corrected chi connectivity index (χ1v) is 6.51. The molecular weight excluding hydrogens is 358 g/mol. The van der Waals surface area contributed by atoms with Crippen LogP contribution in [0.2, 0.25) is 5.02 Å². The summed E-state index contributed by atoms with van der Waals surface area (Å²) in [6, 6.07) is 4.62. The minimum Gasteiger partial charge on any atom is -0.415 e. The van der Waals surface area contributed by atoms with Crippen LogP contribution < -0.4 is 4.74 Å². The quantitative estimate of drug-likeness (QED) is 0.262. The molecule has 0 aliphatic carbocycles. The summed E-state index contributed by atoms with van der Waals surface area (Å²) in [6.07, 6.45) is -4.82. The van der Waals surface area contributed by atoms with Crippen molar-refractivity contribution in [1.82, 2.24) is 0 Å².